The van der Waals surface area contributed by atoms with E-state index in [0.717, 1.165) is 43.5 Å². The number of morpholine rings is 2. The van der Waals surface area contributed by atoms with Crippen molar-refractivity contribution in [1.82, 2.24) is 19.5 Å². The predicted octanol–water partition coefficient (Wildman–Crippen LogP) is 1.83. The standard InChI is InChI=1S/C20H24N6O3/c1-24-16-17(22-20(24)26-9-13-28-14-10-26)21-19(29-15-5-3-2-4-6-15)23-18(16)25-7-11-27-12-8-25/h2-6H,7-14H2,1H3. The number of imidazole rings is 1. The van der Waals surface area contributed by atoms with E-state index in [1.54, 1.807) is 0 Å². The van der Waals surface area contributed by atoms with Gasteiger partial charge in [0, 0.05) is 33.2 Å². The number of rotatable bonds is 4. The van der Waals surface area contributed by atoms with Gasteiger partial charge in [0.2, 0.25) is 5.95 Å². The van der Waals surface area contributed by atoms with Gasteiger partial charge >= 0.3 is 6.01 Å². The lowest BCUT2D eigenvalue weighted by Crippen LogP contribution is -2.38. The Morgan fingerprint density at radius 1 is 0.828 bits per heavy atom. The third-order valence-corrected chi connectivity index (χ3v) is 5.22. The summed E-state index contributed by atoms with van der Waals surface area (Å²) < 4.78 is 19.1. The Bertz CT molecular complexity index is 981. The summed E-state index contributed by atoms with van der Waals surface area (Å²) in [5.41, 5.74) is 1.55. The quantitative estimate of drug-likeness (QED) is 0.661. The molecular formula is C20H24N6O3. The molecule has 0 N–H and O–H groups in total. The average molecular weight is 396 g/mol. The zero-order chi connectivity index (χ0) is 19.6. The van der Waals surface area contributed by atoms with Crippen LogP contribution in [0.25, 0.3) is 11.2 Å². The molecule has 5 rings (SSSR count). The second-order valence-electron chi connectivity index (χ2n) is 7.09. The number of ether oxygens (including phenoxy) is 3. The van der Waals surface area contributed by atoms with Crippen LogP contribution in [-0.4, -0.2) is 72.1 Å². The maximum absolute atomic E-state index is 5.95. The molecule has 3 aromatic rings. The van der Waals surface area contributed by atoms with Gasteiger partial charge in [0.15, 0.2) is 11.5 Å². The van der Waals surface area contributed by atoms with Crippen LogP contribution in [0.1, 0.15) is 0 Å². The summed E-state index contributed by atoms with van der Waals surface area (Å²) >= 11 is 0. The van der Waals surface area contributed by atoms with Crippen LogP contribution in [0.4, 0.5) is 11.8 Å². The number of para-hydroxylation sites is 1. The molecule has 0 radical (unpaired) electrons. The molecule has 2 saturated heterocycles. The molecule has 152 valence electrons. The average Bonchev–Trinajstić information content (AvgIpc) is 3.11. The molecular weight excluding hydrogens is 372 g/mol. The Morgan fingerprint density at radius 2 is 1.48 bits per heavy atom. The van der Waals surface area contributed by atoms with Crippen LogP contribution in [0.2, 0.25) is 0 Å². The van der Waals surface area contributed by atoms with E-state index in [4.69, 9.17) is 24.2 Å². The van der Waals surface area contributed by atoms with Gasteiger partial charge in [-0.05, 0) is 12.1 Å². The van der Waals surface area contributed by atoms with Crippen molar-refractivity contribution in [2.45, 2.75) is 0 Å². The maximum Gasteiger partial charge on any atom is 0.326 e. The highest BCUT2D eigenvalue weighted by atomic mass is 16.5. The second-order valence-corrected chi connectivity index (χ2v) is 7.09. The van der Waals surface area contributed by atoms with Gasteiger partial charge in [-0.15, -0.1) is 0 Å². The molecule has 0 aliphatic carbocycles. The summed E-state index contributed by atoms with van der Waals surface area (Å²) in [6.07, 6.45) is 0. The molecule has 9 heteroatoms. The molecule has 2 aliphatic rings. The summed E-state index contributed by atoms with van der Waals surface area (Å²) in [6, 6.07) is 9.88. The topological polar surface area (TPSA) is 77.8 Å². The van der Waals surface area contributed by atoms with Gasteiger partial charge in [0.05, 0.1) is 26.4 Å². The number of aryl methyl sites for hydroxylation is 1. The van der Waals surface area contributed by atoms with E-state index in [1.807, 2.05) is 37.4 Å². The highest BCUT2D eigenvalue weighted by molar-refractivity contribution is 5.87. The third-order valence-electron chi connectivity index (χ3n) is 5.22. The van der Waals surface area contributed by atoms with Crippen LogP contribution in [0.15, 0.2) is 30.3 Å². The molecule has 2 fully saturated rings. The molecule has 1 aromatic carbocycles. The zero-order valence-electron chi connectivity index (χ0n) is 16.5. The normalized spacial score (nSPS) is 17.7. The summed E-state index contributed by atoms with van der Waals surface area (Å²) in [7, 11) is 2.02. The minimum absolute atomic E-state index is 0.303. The Morgan fingerprint density at radius 3 is 2.17 bits per heavy atom. The highest BCUT2D eigenvalue weighted by Crippen LogP contribution is 2.31. The molecule has 9 nitrogen and oxygen atoms in total. The zero-order valence-corrected chi connectivity index (χ0v) is 16.5. The number of hydrogen-bond donors (Lipinski definition) is 0. The Hall–Kier alpha value is -2.91. The molecule has 0 atom stereocenters. The molecule has 0 unspecified atom stereocenters. The summed E-state index contributed by atoms with van der Waals surface area (Å²) in [5, 5.41) is 0. The second kappa shape index (κ2) is 7.84. The minimum atomic E-state index is 0.303. The molecule has 29 heavy (non-hydrogen) atoms. The van der Waals surface area contributed by atoms with Crippen LogP contribution < -0.4 is 14.5 Å². The fourth-order valence-corrected chi connectivity index (χ4v) is 3.74. The van der Waals surface area contributed by atoms with Crippen molar-refractivity contribution in [3.05, 3.63) is 30.3 Å². The first-order valence-corrected chi connectivity index (χ1v) is 9.92. The lowest BCUT2D eigenvalue weighted by atomic mass is 10.3. The van der Waals surface area contributed by atoms with Gasteiger partial charge in [-0.1, -0.05) is 18.2 Å². The number of nitrogens with zero attached hydrogens (tertiary/aromatic N) is 6. The van der Waals surface area contributed by atoms with Crippen molar-refractivity contribution in [3.8, 4) is 11.8 Å². The van der Waals surface area contributed by atoms with Crippen LogP contribution in [0.5, 0.6) is 11.8 Å². The van der Waals surface area contributed by atoms with Gasteiger partial charge in [-0.3, -0.25) is 0 Å². The van der Waals surface area contributed by atoms with E-state index in [-0.39, 0.29) is 0 Å². The van der Waals surface area contributed by atoms with Gasteiger partial charge in [0.25, 0.3) is 0 Å². The Balaban J connectivity index is 1.60. The number of fused-ring (bicyclic) bond motifs is 1. The predicted molar refractivity (Wildman–Crippen MR) is 109 cm³/mol. The fourth-order valence-electron chi connectivity index (χ4n) is 3.74. The van der Waals surface area contributed by atoms with Gasteiger partial charge < -0.3 is 28.6 Å². The van der Waals surface area contributed by atoms with Gasteiger partial charge in [-0.25, -0.2) is 0 Å². The first-order chi connectivity index (χ1) is 14.3. The molecule has 0 amide bonds. The van der Waals surface area contributed by atoms with E-state index >= 15 is 0 Å². The van der Waals surface area contributed by atoms with E-state index in [1.165, 1.54) is 0 Å². The number of benzene rings is 1. The van der Waals surface area contributed by atoms with Crippen molar-refractivity contribution in [3.63, 3.8) is 0 Å². The molecule has 4 heterocycles. The van der Waals surface area contributed by atoms with Crippen LogP contribution in [-0.2, 0) is 16.5 Å². The van der Waals surface area contributed by atoms with Gasteiger partial charge in [-0.2, -0.15) is 15.0 Å². The fraction of sp³-hybridized carbons (Fsp3) is 0.450. The number of hydrogen-bond acceptors (Lipinski definition) is 8. The lowest BCUT2D eigenvalue weighted by Gasteiger charge is -2.29. The minimum Gasteiger partial charge on any atom is -0.424 e. The number of aromatic nitrogens is 4. The Labute approximate surface area is 168 Å². The van der Waals surface area contributed by atoms with Crippen molar-refractivity contribution >= 4 is 22.9 Å². The monoisotopic (exact) mass is 396 g/mol. The smallest absolute Gasteiger partial charge is 0.326 e. The third kappa shape index (κ3) is 3.58. The van der Waals surface area contributed by atoms with Crippen molar-refractivity contribution < 1.29 is 14.2 Å². The van der Waals surface area contributed by atoms with Crippen LogP contribution >= 0.6 is 0 Å². The summed E-state index contributed by atoms with van der Waals surface area (Å²) in [5.74, 6) is 2.41. The first kappa shape index (κ1) is 18.1. The highest BCUT2D eigenvalue weighted by Gasteiger charge is 2.25. The van der Waals surface area contributed by atoms with Crippen LogP contribution in [0, 0.1) is 0 Å². The SMILES string of the molecule is Cn1c(N2CCOCC2)nc2nc(Oc3ccccc3)nc(N3CCOCC3)c21. The van der Waals surface area contributed by atoms with E-state index in [9.17, 15) is 0 Å². The molecule has 0 bridgehead atoms. The van der Waals surface area contributed by atoms with Crippen molar-refractivity contribution in [1.29, 1.82) is 0 Å². The lowest BCUT2D eigenvalue weighted by molar-refractivity contribution is 0.121. The van der Waals surface area contributed by atoms with E-state index < -0.39 is 0 Å². The first-order valence-electron chi connectivity index (χ1n) is 9.92. The molecule has 2 aromatic heterocycles. The molecule has 0 spiro atoms. The maximum atomic E-state index is 5.95. The Kier molecular flexibility index (Phi) is 4.91. The van der Waals surface area contributed by atoms with Gasteiger partial charge in [0.1, 0.15) is 11.3 Å². The largest absolute Gasteiger partial charge is 0.424 e. The summed E-state index contributed by atoms with van der Waals surface area (Å²) in [6.45, 7) is 5.92. The van der Waals surface area contributed by atoms with Crippen molar-refractivity contribution in [2.75, 3.05) is 62.4 Å². The van der Waals surface area contributed by atoms with Crippen molar-refractivity contribution in [2.24, 2.45) is 7.05 Å². The van der Waals surface area contributed by atoms with Crippen LogP contribution in [0.3, 0.4) is 0 Å². The number of anilines is 2. The van der Waals surface area contributed by atoms with E-state index in [0.29, 0.717) is 43.8 Å². The van der Waals surface area contributed by atoms with E-state index in [2.05, 4.69) is 19.4 Å². The molecule has 2 aliphatic heterocycles. The summed E-state index contributed by atoms with van der Waals surface area (Å²) in [4.78, 5) is 18.7. The molecule has 0 saturated carbocycles.